The van der Waals surface area contributed by atoms with Crippen LogP contribution in [0.2, 0.25) is 0 Å². The molecular weight excluding hydrogens is 452 g/mol. The van der Waals surface area contributed by atoms with Crippen molar-refractivity contribution >= 4 is 17.4 Å². The second-order valence-corrected chi connectivity index (χ2v) is 8.23. The molecule has 1 amide bonds. The maximum Gasteiger partial charge on any atom is 0.387 e. The number of nitrogen functional groups attached to an aromatic ring is 1. The predicted octanol–water partition coefficient (Wildman–Crippen LogP) is 1.49. The number of nitrogens with one attached hydrogen (secondary N) is 1. The number of benzene rings is 1. The van der Waals surface area contributed by atoms with Crippen molar-refractivity contribution in [3.05, 3.63) is 50.7 Å². The number of aromatic nitrogens is 2. The Morgan fingerprint density at radius 2 is 1.97 bits per heavy atom. The molecule has 10 nitrogen and oxygen atoms in total. The number of anilines is 2. The van der Waals surface area contributed by atoms with E-state index >= 15 is 0 Å². The van der Waals surface area contributed by atoms with Crippen molar-refractivity contribution in [3.8, 4) is 5.75 Å². The van der Waals surface area contributed by atoms with E-state index in [1.54, 1.807) is 24.1 Å². The molecule has 188 valence electrons. The van der Waals surface area contributed by atoms with Gasteiger partial charge in [0.25, 0.3) is 5.56 Å². The standard InChI is InChI=1S/C22H31F2N5O5/c1-14(2)11-29-19(25)18(20(31)26-22(29)32)28(8-9-33-4)17(30)13-27(3)12-15-6-5-7-16(10-15)34-21(23)24/h5-7,10,14,21H,8-9,11-13,25H2,1-4H3,(H,26,31,32). The maximum absolute atomic E-state index is 13.2. The SMILES string of the molecule is COCCN(C(=O)CN(C)Cc1cccc(OC(F)F)c1)c1c(N)n(CC(C)C)c(=O)[nH]c1=O. The van der Waals surface area contributed by atoms with E-state index in [2.05, 4.69) is 9.72 Å². The van der Waals surface area contributed by atoms with E-state index in [0.717, 1.165) is 0 Å². The van der Waals surface area contributed by atoms with E-state index in [9.17, 15) is 23.2 Å². The fourth-order valence-corrected chi connectivity index (χ4v) is 3.43. The number of hydrogen-bond donors (Lipinski definition) is 2. The maximum atomic E-state index is 13.2. The first-order valence-electron chi connectivity index (χ1n) is 10.7. The summed E-state index contributed by atoms with van der Waals surface area (Å²) in [6.07, 6.45) is 0. The van der Waals surface area contributed by atoms with Crippen LogP contribution >= 0.6 is 0 Å². The van der Waals surface area contributed by atoms with Crippen LogP contribution in [0.4, 0.5) is 20.3 Å². The Morgan fingerprint density at radius 1 is 1.26 bits per heavy atom. The lowest BCUT2D eigenvalue weighted by molar-refractivity contribution is -0.119. The first kappa shape index (κ1) is 27.0. The summed E-state index contributed by atoms with van der Waals surface area (Å²) in [6, 6.07) is 6.16. The van der Waals surface area contributed by atoms with Gasteiger partial charge in [-0.1, -0.05) is 26.0 Å². The third-order valence-corrected chi connectivity index (χ3v) is 4.83. The van der Waals surface area contributed by atoms with Gasteiger partial charge in [0.05, 0.1) is 13.2 Å². The summed E-state index contributed by atoms with van der Waals surface area (Å²) in [5.41, 5.74) is 5.28. The Balaban J connectivity index is 2.28. The lowest BCUT2D eigenvalue weighted by atomic mass is 10.2. The van der Waals surface area contributed by atoms with Crippen molar-refractivity contribution in [3.63, 3.8) is 0 Å². The topological polar surface area (TPSA) is 123 Å². The van der Waals surface area contributed by atoms with E-state index in [1.165, 1.54) is 28.7 Å². The van der Waals surface area contributed by atoms with Crippen LogP contribution in [-0.2, 0) is 22.6 Å². The van der Waals surface area contributed by atoms with Crippen LogP contribution in [0.15, 0.2) is 33.9 Å². The second kappa shape index (κ2) is 12.3. The second-order valence-electron chi connectivity index (χ2n) is 8.23. The minimum Gasteiger partial charge on any atom is -0.435 e. The van der Waals surface area contributed by atoms with Gasteiger partial charge in [0.1, 0.15) is 11.6 Å². The number of aromatic amines is 1. The van der Waals surface area contributed by atoms with Gasteiger partial charge in [-0.25, -0.2) is 4.79 Å². The number of hydrogen-bond acceptors (Lipinski definition) is 7. The molecule has 2 rings (SSSR count). The van der Waals surface area contributed by atoms with Crippen LogP contribution in [0.25, 0.3) is 0 Å². The van der Waals surface area contributed by atoms with E-state index in [0.29, 0.717) is 5.56 Å². The highest BCUT2D eigenvalue weighted by molar-refractivity contribution is 5.96. The lowest BCUT2D eigenvalue weighted by Gasteiger charge is -2.27. The number of carbonyl (C=O) groups excluding carboxylic acids is 1. The number of carbonyl (C=O) groups is 1. The molecule has 0 bridgehead atoms. The van der Waals surface area contributed by atoms with Gasteiger partial charge in [-0.05, 0) is 30.7 Å². The van der Waals surface area contributed by atoms with E-state index < -0.39 is 23.8 Å². The number of amides is 1. The summed E-state index contributed by atoms with van der Waals surface area (Å²) < 4.78 is 35.7. The van der Waals surface area contributed by atoms with Crippen LogP contribution < -0.4 is 26.6 Å². The molecule has 0 aliphatic rings. The number of alkyl halides is 2. The Labute approximate surface area is 195 Å². The van der Waals surface area contributed by atoms with Crippen LogP contribution in [0.5, 0.6) is 5.75 Å². The average Bonchev–Trinajstić information content (AvgIpc) is 2.72. The Bertz CT molecular complexity index is 1090. The summed E-state index contributed by atoms with van der Waals surface area (Å²) in [7, 11) is 3.12. The van der Waals surface area contributed by atoms with Crippen LogP contribution in [0.1, 0.15) is 19.4 Å². The molecule has 3 N–H and O–H groups in total. The fourth-order valence-electron chi connectivity index (χ4n) is 3.43. The van der Waals surface area contributed by atoms with Gasteiger partial charge in [0.2, 0.25) is 5.91 Å². The van der Waals surface area contributed by atoms with Gasteiger partial charge in [-0.15, -0.1) is 0 Å². The van der Waals surface area contributed by atoms with Crippen LogP contribution in [-0.4, -0.2) is 60.8 Å². The lowest BCUT2D eigenvalue weighted by Crippen LogP contribution is -2.46. The van der Waals surface area contributed by atoms with Crippen LogP contribution in [0, 0.1) is 5.92 Å². The molecule has 0 aliphatic carbocycles. The van der Waals surface area contributed by atoms with Crippen molar-refractivity contribution in [2.75, 3.05) is 44.5 Å². The number of nitrogens with two attached hydrogens (primary N) is 1. The smallest absolute Gasteiger partial charge is 0.387 e. The minimum absolute atomic E-state index is 0.0145. The summed E-state index contributed by atoms with van der Waals surface area (Å²) in [4.78, 5) is 43.2. The van der Waals surface area contributed by atoms with Gasteiger partial charge in [0, 0.05) is 26.7 Å². The molecule has 1 heterocycles. The van der Waals surface area contributed by atoms with Crippen molar-refractivity contribution < 1.29 is 23.0 Å². The number of likely N-dealkylation sites (N-methyl/N-ethyl adjacent to an activating group) is 1. The van der Waals surface area contributed by atoms with Crippen molar-refractivity contribution in [1.82, 2.24) is 14.5 Å². The molecular formula is C22H31F2N5O5. The highest BCUT2D eigenvalue weighted by Crippen LogP contribution is 2.19. The third kappa shape index (κ3) is 7.39. The number of H-pyrrole nitrogens is 1. The highest BCUT2D eigenvalue weighted by Gasteiger charge is 2.25. The Morgan fingerprint density at radius 3 is 2.59 bits per heavy atom. The summed E-state index contributed by atoms with van der Waals surface area (Å²) in [5.74, 6) is -0.476. The molecule has 0 radical (unpaired) electrons. The zero-order valence-corrected chi connectivity index (χ0v) is 19.7. The average molecular weight is 484 g/mol. The van der Waals surface area contributed by atoms with Gasteiger partial charge in [-0.2, -0.15) is 8.78 Å². The van der Waals surface area contributed by atoms with Gasteiger partial charge in [0.15, 0.2) is 5.69 Å². The number of ether oxygens (including phenoxy) is 2. The molecule has 1 aromatic heterocycles. The number of rotatable bonds is 12. The first-order valence-corrected chi connectivity index (χ1v) is 10.7. The fraction of sp³-hybridized carbons (Fsp3) is 0.500. The number of halogens is 2. The van der Waals surface area contributed by atoms with Crippen molar-refractivity contribution in [1.29, 1.82) is 0 Å². The number of nitrogens with zero attached hydrogens (tertiary/aromatic N) is 3. The predicted molar refractivity (Wildman–Crippen MR) is 124 cm³/mol. The molecule has 0 saturated carbocycles. The summed E-state index contributed by atoms with van der Waals surface area (Å²) in [5, 5.41) is 0. The summed E-state index contributed by atoms with van der Waals surface area (Å²) in [6.45, 7) is 1.40. The largest absolute Gasteiger partial charge is 0.435 e. The molecule has 0 unspecified atom stereocenters. The molecule has 0 atom stereocenters. The minimum atomic E-state index is -2.94. The van der Waals surface area contributed by atoms with Gasteiger partial charge in [-0.3, -0.25) is 24.0 Å². The molecule has 0 aliphatic heterocycles. The summed E-state index contributed by atoms with van der Waals surface area (Å²) >= 11 is 0. The third-order valence-electron chi connectivity index (χ3n) is 4.83. The molecule has 2 aromatic rings. The van der Waals surface area contributed by atoms with Gasteiger partial charge >= 0.3 is 12.3 Å². The molecule has 0 fully saturated rings. The normalized spacial score (nSPS) is 11.4. The zero-order valence-electron chi connectivity index (χ0n) is 19.7. The van der Waals surface area contributed by atoms with Gasteiger partial charge < -0.3 is 20.1 Å². The van der Waals surface area contributed by atoms with E-state index in [4.69, 9.17) is 10.5 Å². The Kier molecular flexibility index (Phi) is 9.75. The number of methoxy groups -OCH3 is 1. The molecule has 0 spiro atoms. The molecule has 0 saturated heterocycles. The van der Waals surface area contributed by atoms with E-state index in [1.807, 2.05) is 13.8 Å². The Hall–Kier alpha value is -3.25. The van der Waals surface area contributed by atoms with Crippen molar-refractivity contribution in [2.24, 2.45) is 5.92 Å². The first-order chi connectivity index (χ1) is 16.0. The van der Waals surface area contributed by atoms with Crippen LogP contribution in [0.3, 0.4) is 0 Å². The zero-order chi connectivity index (χ0) is 25.4. The molecule has 12 heteroatoms. The highest BCUT2D eigenvalue weighted by atomic mass is 19.3. The quantitative estimate of drug-likeness (QED) is 0.469. The van der Waals surface area contributed by atoms with E-state index in [-0.39, 0.29) is 56.0 Å². The molecule has 34 heavy (non-hydrogen) atoms. The molecule has 1 aromatic carbocycles. The monoisotopic (exact) mass is 483 g/mol. The van der Waals surface area contributed by atoms with Crippen molar-refractivity contribution in [2.45, 2.75) is 33.5 Å².